The second kappa shape index (κ2) is 6.20. The Morgan fingerprint density at radius 3 is 2.67 bits per heavy atom. The summed E-state index contributed by atoms with van der Waals surface area (Å²) in [5.74, 6) is 1.17. The summed E-state index contributed by atoms with van der Waals surface area (Å²) in [6, 6.07) is 9.68. The van der Waals surface area contributed by atoms with Gasteiger partial charge in [0.1, 0.15) is 5.69 Å². The number of nitrogens with zero attached hydrogens (tertiary/aromatic N) is 3. The van der Waals surface area contributed by atoms with E-state index in [1.54, 1.807) is 6.20 Å². The number of benzene rings is 1. The zero-order valence-electron chi connectivity index (χ0n) is 11.9. The number of fused-ring (bicyclic) bond motifs is 1. The van der Waals surface area contributed by atoms with Gasteiger partial charge in [0, 0.05) is 11.6 Å². The summed E-state index contributed by atoms with van der Waals surface area (Å²) >= 11 is 0. The van der Waals surface area contributed by atoms with Gasteiger partial charge in [-0.2, -0.15) is 4.98 Å². The highest BCUT2D eigenvalue weighted by atomic mass is 35.5. The summed E-state index contributed by atoms with van der Waals surface area (Å²) in [6.07, 6.45) is 1.75. The fraction of sp³-hybridized carbons (Fsp3) is 0.267. The average Bonchev–Trinajstić information content (AvgIpc) is 2.95. The summed E-state index contributed by atoms with van der Waals surface area (Å²) in [5.41, 5.74) is 6.74. The van der Waals surface area contributed by atoms with Gasteiger partial charge in [0.05, 0.1) is 6.04 Å². The Morgan fingerprint density at radius 1 is 1.14 bits per heavy atom. The predicted molar refractivity (Wildman–Crippen MR) is 84.0 cm³/mol. The van der Waals surface area contributed by atoms with Crippen LogP contribution in [0.15, 0.2) is 41.1 Å². The second-order valence-electron chi connectivity index (χ2n) is 5.11. The molecule has 0 aliphatic carbocycles. The fourth-order valence-corrected chi connectivity index (χ4v) is 2.05. The standard InChI is InChI=1S/C15H16N4O.ClH/c1-9(2)12(16)15-18-14(19-20-15)13-11-6-4-3-5-10(11)7-8-17-13;/h3-9,12H,16H2,1-2H3;1H/t12-;/m1./s1. The quantitative estimate of drug-likeness (QED) is 0.802. The molecule has 0 unspecified atom stereocenters. The van der Waals surface area contributed by atoms with E-state index in [2.05, 4.69) is 15.1 Å². The number of nitrogens with two attached hydrogens (primary N) is 1. The van der Waals surface area contributed by atoms with Crippen LogP contribution >= 0.6 is 12.4 Å². The van der Waals surface area contributed by atoms with Crippen molar-refractivity contribution < 1.29 is 4.52 Å². The lowest BCUT2D eigenvalue weighted by Crippen LogP contribution is -2.16. The monoisotopic (exact) mass is 304 g/mol. The van der Waals surface area contributed by atoms with E-state index in [0.717, 1.165) is 10.8 Å². The van der Waals surface area contributed by atoms with Crippen LogP contribution in [0.5, 0.6) is 0 Å². The van der Waals surface area contributed by atoms with Crippen LogP contribution in [0.3, 0.4) is 0 Å². The number of pyridine rings is 1. The van der Waals surface area contributed by atoms with Crippen molar-refractivity contribution in [1.82, 2.24) is 15.1 Å². The minimum absolute atomic E-state index is 0. The molecule has 2 N–H and O–H groups in total. The van der Waals surface area contributed by atoms with E-state index < -0.39 is 0 Å². The van der Waals surface area contributed by atoms with Crippen LogP contribution in [0.2, 0.25) is 0 Å². The van der Waals surface area contributed by atoms with Crippen molar-refractivity contribution in [3.63, 3.8) is 0 Å². The number of hydrogen-bond acceptors (Lipinski definition) is 5. The molecule has 0 amide bonds. The molecule has 1 aromatic carbocycles. The Morgan fingerprint density at radius 2 is 1.90 bits per heavy atom. The largest absolute Gasteiger partial charge is 0.337 e. The molecule has 0 saturated carbocycles. The molecule has 0 spiro atoms. The van der Waals surface area contributed by atoms with Crippen molar-refractivity contribution >= 4 is 23.2 Å². The molecule has 5 nitrogen and oxygen atoms in total. The molecule has 21 heavy (non-hydrogen) atoms. The topological polar surface area (TPSA) is 77.8 Å². The summed E-state index contributed by atoms with van der Waals surface area (Å²) in [5, 5.41) is 6.11. The normalized spacial score (nSPS) is 12.4. The van der Waals surface area contributed by atoms with Crippen LogP contribution in [-0.4, -0.2) is 15.1 Å². The van der Waals surface area contributed by atoms with Crippen LogP contribution in [0.4, 0.5) is 0 Å². The molecule has 0 radical (unpaired) electrons. The van der Waals surface area contributed by atoms with Gasteiger partial charge in [0.25, 0.3) is 0 Å². The number of aromatic nitrogens is 3. The first-order valence-electron chi connectivity index (χ1n) is 6.60. The van der Waals surface area contributed by atoms with Gasteiger partial charge in [0.2, 0.25) is 11.7 Å². The van der Waals surface area contributed by atoms with Crippen LogP contribution in [0.1, 0.15) is 25.8 Å². The van der Waals surface area contributed by atoms with E-state index in [9.17, 15) is 0 Å². The van der Waals surface area contributed by atoms with E-state index in [4.69, 9.17) is 10.3 Å². The first kappa shape index (κ1) is 15.4. The third-order valence-electron chi connectivity index (χ3n) is 3.33. The summed E-state index contributed by atoms with van der Waals surface area (Å²) in [7, 11) is 0. The third-order valence-corrected chi connectivity index (χ3v) is 3.33. The fourth-order valence-electron chi connectivity index (χ4n) is 2.05. The van der Waals surface area contributed by atoms with E-state index >= 15 is 0 Å². The van der Waals surface area contributed by atoms with Crippen LogP contribution in [0.25, 0.3) is 22.3 Å². The molecule has 110 valence electrons. The van der Waals surface area contributed by atoms with Gasteiger partial charge < -0.3 is 10.3 Å². The molecule has 0 saturated heterocycles. The highest BCUT2D eigenvalue weighted by Crippen LogP contribution is 2.26. The number of rotatable bonds is 3. The van der Waals surface area contributed by atoms with Gasteiger partial charge in [-0.15, -0.1) is 12.4 Å². The Kier molecular flexibility index (Phi) is 4.55. The minimum atomic E-state index is -0.258. The lowest BCUT2D eigenvalue weighted by atomic mass is 10.1. The predicted octanol–water partition coefficient (Wildman–Crippen LogP) is 3.36. The summed E-state index contributed by atoms with van der Waals surface area (Å²) in [4.78, 5) is 8.76. The van der Waals surface area contributed by atoms with E-state index in [-0.39, 0.29) is 24.4 Å². The summed E-state index contributed by atoms with van der Waals surface area (Å²) < 4.78 is 5.26. The summed E-state index contributed by atoms with van der Waals surface area (Å²) in [6.45, 7) is 4.04. The first-order chi connectivity index (χ1) is 9.66. The molecule has 3 rings (SSSR count). The van der Waals surface area contributed by atoms with Crippen molar-refractivity contribution in [3.8, 4) is 11.5 Å². The first-order valence-corrected chi connectivity index (χ1v) is 6.60. The lowest BCUT2D eigenvalue weighted by molar-refractivity contribution is 0.325. The van der Waals surface area contributed by atoms with Crippen LogP contribution in [0, 0.1) is 5.92 Å². The molecule has 2 aromatic heterocycles. The molecule has 6 heteroatoms. The molecule has 0 fully saturated rings. The Labute approximate surface area is 129 Å². The van der Waals surface area contributed by atoms with E-state index in [1.165, 1.54) is 0 Å². The number of halogens is 1. The maximum atomic E-state index is 6.03. The lowest BCUT2D eigenvalue weighted by Gasteiger charge is -2.09. The van der Waals surface area contributed by atoms with Crippen molar-refractivity contribution in [3.05, 3.63) is 42.4 Å². The third kappa shape index (κ3) is 2.89. The van der Waals surface area contributed by atoms with Crippen LogP contribution in [-0.2, 0) is 0 Å². The zero-order chi connectivity index (χ0) is 14.1. The molecular formula is C15H17ClN4O. The van der Waals surface area contributed by atoms with Gasteiger partial charge >= 0.3 is 0 Å². The van der Waals surface area contributed by atoms with Gasteiger partial charge in [-0.1, -0.05) is 43.3 Å². The molecule has 3 aromatic rings. The highest BCUT2D eigenvalue weighted by Gasteiger charge is 2.19. The Hall–Kier alpha value is -1.98. The number of hydrogen-bond donors (Lipinski definition) is 1. The maximum Gasteiger partial charge on any atom is 0.244 e. The van der Waals surface area contributed by atoms with E-state index in [1.807, 2.05) is 44.2 Å². The highest BCUT2D eigenvalue weighted by molar-refractivity contribution is 5.92. The van der Waals surface area contributed by atoms with Crippen molar-refractivity contribution in [1.29, 1.82) is 0 Å². The smallest absolute Gasteiger partial charge is 0.244 e. The molecule has 2 heterocycles. The average molecular weight is 305 g/mol. The van der Waals surface area contributed by atoms with Gasteiger partial charge in [-0.25, -0.2) is 0 Å². The zero-order valence-corrected chi connectivity index (χ0v) is 12.7. The minimum Gasteiger partial charge on any atom is -0.337 e. The Bertz CT molecular complexity index is 736. The molecule has 1 atom stereocenters. The Balaban J connectivity index is 0.00000161. The molecule has 0 aliphatic rings. The molecule has 0 bridgehead atoms. The SMILES string of the molecule is CC(C)[C@@H](N)c1nc(-c2nccc3ccccc23)no1.Cl. The van der Waals surface area contributed by atoms with Crippen molar-refractivity contribution in [2.24, 2.45) is 11.7 Å². The van der Waals surface area contributed by atoms with Gasteiger partial charge in [-0.3, -0.25) is 4.98 Å². The second-order valence-corrected chi connectivity index (χ2v) is 5.11. The van der Waals surface area contributed by atoms with E-state index in [0.29, 0.717) is 17.4 Å². The molecular weight excluding hydrogens is 288 g/mol. The maximum absolute atomic E-state index is 6.03. The van der Waals surface area contributed by atoms with Crippen molar-refractivity contribution in [2.75, 3.05) is 0 Å². The molecule has 0 aliphatic heterocycles. The van der Waals surface area contributed by atoms with Crippen molar-refractivity contribution in [2.45, 2.75) is 19.9 Å². The van der Waals surface area contributed by atoms with Crippen LogP contribution < -0.4 is 5.73 Å². The van der Waals surface area contributed by atoms with Gasteiger partial charge in [0.15, 0.2) is 0 Å². The van der Waals surface area contributed by atoms with Gasteiger partial charge in [-0.05, 0) is 17.4 Å².